The van der Waals surface area contributed by atoms with Crippen LogP contribution in [0.4, 0.5) is 4.39 Å². The van der Waals surface area contributed by atoms with Gasteiger partial charge in [-0.15, -0.1) is 0 Å². The predicted molar refractivity (Wildman–Crippen MR) is 130 cm³/mol. The zero-order chi connectivity index (χ0) is 24.3. The van der Waals surface area contributed by atoms with Gasteiger partial charge in [-0.05, 0) is 64.8 Å². The number of hydrogen-bond donors (Lipinski definition) is 1. The molecule has 1 saturated carbocycles. The van der Waals surface area contributed by atoms with Crippen molar-refractivity contribution >= 4 is 0 Å². The van der Waals surface area contributed by atoms with Crippen molar-refractivity contribution in [2.45, 2.75) is 64.8 Å². The standard InChI is InChI=1S/C27H34FN3O3/c1-19-25(17-30(21-13-14-21)16-23(32)18-33-27(2,3)4)26(34-24-12-8-9-20(28)15-24)31(29-19)22-10-6-5-7-11-22/h5-12,15,21,23,32H,13-14,16-18H2,1-4H3/t23-/m0/s1. The van der Waals surface area contributed by atoms with Gasteiger partial charge in [0.2, 0.25) is 5.88 Å². The summed E-state index contributed by atoms with van der Waals surface area (Å²) in [6.07, 6.45) is 1.59. The average molecular weight is 468 g/mol. The van der Waals surface area contributed by atoms with Gasteiger partial charge in [0.1, 0.15) is 11.6 Å². The topological polar surface area (TPSA) is 59.8 Å². The number of ether oxygens (including phenoxy) is 2. The summed E-state index contributed by atoms with van der Waals surface area (Å²) in [6, 6.07) is 16.3. The summed E-state index contributed by atoms with van der Waals surface area (Å²) in [4.78, 5) is 2.27. The largest absolute Gasteiger partial charge is 0.438 e. The smallest absolute Gasteiger partial charge is 0.227 e. The van der Waals surface area contributed by atoms with E-state index in [4.69, 9.17) is 14.6 Å². The van der Waals surface area contributed by atoms with Crippen LogP contribution in [-0.2, 0) is 11.3 Å². The Morgan fingerprint density at radius 1 is 1.15 bits per heavy atom. The van der Waals surface area contributed by atoms with Crippen LogP contribution in [0.3, 0.4) is 0 Å². The number of halogens is 1. The van der Waals surface area contributed by atoms with Crippen LogP contribution in [0.5, 0.6) is 11.6 Å². The highest BCUT2D eigenvalue weighted by Crippen LogP contribution is 2.35. The lowest BCUT2D eigenvalue weighted by Crippen LogP contribution is -2.38. The molecule has 1 aliphatic carbocycles. The fourth-order valence-electron chi connectivity index (χ4n) is 3.87. The number of hydrogen-bond acceptors (Lipinski definition) is 5. The first-order chi connectivity index (χ1) is 16.2. The maximum atomic E-state index is 13.9. The lowest BCUT2D eigenvalue weighted by molar-refractivity contribution is -0.0573. The Balaban J connectivity index is 1.62. The SMILES string of the molecule is Cc1nn(-c2ccccc2)c(Oc2cccc(F)c2)c1CN(C[C@H](O)COC(C)(C)C)C1CC1. The first-order valence-corrected chi connectivity index (χ1v) is 11.8. The summed E-state index contributed by atoms with van der Waals surface area (Å²) >= 11 is 0. The average Bonchev–Trinajstić information content (AvgIpc) is 3.59. The number of para-hydroxylation sites is 1. The van der Waals surface area contributed by atoms with E-state index in [-0.39, 0.29) is 18.0 Å². The van der Waals surface area contributed by atoms with Gasteiger partial charge in [-0.25, -0.2) is 9.07 Å². The zero-order valence-electron chi connectivity index (χ0n) is 20.4. The van der Waals surface area contributed by atoms with Gasteiger partial charge in [-0.2, -0.15) is 5.10 Å². The summed E-state index contributed by atoms with van der Waals surface area (Å²) in [5, 5.41) is 15.4. The molecule has 0 unspecified atom stereocenters. The van der Waals surface area contributed by atoms with E-state index in [0.717, 1.165) is 29.8 Å². The van der Waals surface area contributed by atoms with Gasteiger partial charge in [0.25, 0.3) is 0 Å². The maximum Gasteiger partial charge on any atom is 0.227 e. The van der Waals surface area contributed by atoms with Gasteiger partial charge in [0, 0.05) is 25.2 Å². The number of benzene rings is 2. The summed E-state index contributed by atoms with van der Waals surface area (Å²) in [5.74, 6) is 0.610. The Bertz CT molecular complexity index is 1090. The number of aromatic nitrogens is 2. The van der Waals surface area contributed by atoms with Crippen LogP contribution in [0.2, 0.25) is 0 Å². The first kappa shape index (κ1) is 24.4. The molecule has 6 nitrogen and oxygen atoms in total. The summed E-state index contributed by atoms with van der Waals surface area (Å²) < 4.78 is 27.7. The molecule has 0 spiro atoms. The molecule has 1 aromatic heterocycles. The molecule has 1 atom stereocenters. The van der Waals surface area contributed by atoms with Crippen molar-refractivity contribution in [1.82, 2.24) is 14.7 Å². The Morgan fingerprint density at radius 3 is 2.53 bits per heavy atom. The van der Waals surface area contributed by atoms with E-state index in [1.165, 1.54) is 12.1 Å². The zero-order valence-corrected chi connectivity index (χ0v) is 20.4. The third-order valence-electron chi connectivity index (χ3n) is 5.73. The molecule has 182 valence electrons. The number of aliphatic hydroxyl groups is 1. The van der Waals surface area contributed by atoms with Crippen molar-refractivity contribution in [3.05, 3.63) is 71.7 Å². The maximum absolute atomic E-state index is 13.9. The van der Waals surface area contributed by atoms with E-state index >= 15 is 0 Å². The summed E-state index contributed by atoms with van der Waals surface area (Å²) in [7, 11) is 0. The Labute approximate surface area is 200 Å². The molecular weight excluding hydrogens is 433 g/mol. The minimum absolute atomic E-state index is 0.279. The molecule has 7 heteroatoms. The van der Waals surface area contributed by atoms with Gasteiger partial charge in [0.05, 0.1) is 35.3 Å². The summed E-state index contributed by atoms with van der Waals surface area (Å²) in [6.45, 7) is 9.25. The monoisotopic (exact) mass is 467 g/mol. The fourth-order valence-corrected chi connectivity index (χ4v) is 3.87. The molecule has 2 aromatic carbocycles. The van der Waals surface area contributed by atoms with E-state index in [9.17, 15) is 9.50 Å². The molecule has 1 heterocycles. The number of aliphatic hydroxyl groups excluding tert-OH is 1. The van der Waals surface area contributed by atoms with Gasteiger partial charge >= 0.3 is 0 Å². The van der Waals surface area contributed by atoms with E-state index < -0.39 is 6.10 Å². The normalized spacial score (nSPS) is 15.0. The molecule has 0 radical (unpaired) electrons. The van der Waals surface area contributed by atoms with Crippen molar-refractivity contribution in [2.75, 3.05) is 13.2 Å². The van der Waals surface area contributed by atoms with Crippen LogP contribution in [0.15, 0.2) is 54.6 Å². The van der Waals surface area contributed by atoms with E-state index in [1.807, 2.05) is 58.0 Å². The van der Waals surface area contributed by atoms with E-state index in [0.29, 0.717) is 30.8 Å². The number of rotatable bonds is 10. The minimum atomic E-state index is -0.600. The molecule has 0 aliphatic heterocycles. The quantitative estimate of drug-likeness (QED) is 0.441. The second kappa shape index (κ2) is 10.3. The van der Waals surface area contributed by atoms with E-state index in [2.05, 4.69) is 4.90 Å². The molecule has 0 amide bonds. The Hall–Kier alpha value is -2.74. The van der Waals surface area contributed by atoms with Crippen molar-refractivity contribution in [2.24, 2.45) is 0 Å². The molecule has 1 aliphatic rings. The highest BCUT2D eigenvalue weighted by atomic mass is 19.1. The van der Waals surface area contributed by atoms with Crippen molar-refractivity contribution in [1.29, 1.82) is 0 Å². The van der Waals surface area contributed by atoms with Crippen LogP contribution in [0.1, 0.15) is 44.9 Å². The highest BCUT2D eigenvalue weighted by molar-refractivity contribution is 5.43. The Morgan fingerprint density at radius 2 is 1.88 bits per heavy atom. The predicted octanol–water partition coefficient (Wildman–Crippen LogP) is 5.25. The number of nitrogens with zero attached hydrogens (tertiary/aromatic N) is 3. The van der Waals surface area contributed by atoms with Gasteiger partial charge in [-0.1, -0.05) is 24.3 Å². The molecule has 1 fully saturated rings. The minimum Gasteiger partial charge on any atom is -0.438 e. The molecule has 4 rings (SSSR count). The Kier molecular flexibility index (Phi) is 7.36. The van der Waals surface area contributed by atoms with Crippen molar-refractivity contribution in [3.63, 3.8) is 0 Å². The third-order valence-corrected chi connectivity index (χ3v) is 5.73. The van der Waals surface area contributed by atoms with Gasteiger partial charge in [-0.3, -0.25) is 4.90 Å². The van der Waals surface area contributed by atoms with Crippen molar-refractivity contribution < 1.29 is 19.0 Å². The van der Waals surface area contributed by atoms with Crippen LogP contribution in [-0.4, -0.2) is 50.7 Å². The van der Waals surface area contributed by atoms with Crippen molar-refractivity contribution in [3.8, 4) is 17.3 Å². The van der Waals surface area contributed by atoms with Gasteiger partial charge in [0.15, 0.2) is 0 Å². The van der Waals surface area contributed by atoms with Gasteiger partial charge < -0.3 is 14.6 Å². The number of aryl methyl sites for hydroxylation is 1. The lowest BCUT2D eigenvalue weighted by Gasteiger charge is -2.27. The molecule has 3 aromatic rings. The van der Waals surface area contributed by atoms with E-state index in [1.54, 1.807) is 16.8 Å². The molecule has 1 N–H and O–H groups in total. The van der Waals surface area contributed by atoms with Crippen LogP contribution >= 0.6 is 0 Å². The van der Waals surface area contributed by atoms with Crippen LogP contribution < -0.4 is 4.74 Å². The summed E-state index contributed by atoms with van der Waals surface area (Å²) in [5.41, 5.74) is 2.32. The molecule has 0 saturated heterocycles. The van der Waals surface area contributed by atoms with Crippen LogP contribution in [0.25, 0.3) is 5.69 Å². The molecule has 0 bridgehead atoms. The second-order valence-corrected chi connectivity index (χ2v) is 9.91. The molecular formula is C27H34FN3O3. The molecule has 34 heavy (non-hydrogen) atoms. The fraction of sp³-hybridized carbons (Fsp3) is 0.444. The lowest BCUT2D eigenvalue weighted by atomic mass is 10.2. The first-order valence-electron chi connectivity index (χ1n) is 11.8. The second-order valence-electron chi connectivity index (χ2n) is 9.91. The van der Waals surface area contributed by atoms with Crippen LogP contribution in [0, 0.1) is 12.7 Å². The third kappa shape index (κ3) is 6.44. The highest BCUT2D eigenvalue weighted by Gasteiger charge is 2.33.